The van der Waals surface area contributed by atoms with E-state index in [4.69, 9.17) is 0 Å². The van der Waals surface area contributed by atoms with Crippen LogP contribution in [0.1, 0.15) is 62.7 Å². The number of rotatable bonds is 5. The number of fused-ring (bicyclic) bond motifs is 1. The van der Waals surface area contributed by atoms with Crippen LogP contribution in [0.15, 0.2) is 0 Å². The van der Waals surface area contributed by atoms with Crippen molar-refractivity contribution < 1.29 is 0 Å². The second-order valence-corrected chi connectivity index (χ2v) is 6.46. The van der Waals surface area contributed by atoms with Gasteiger partial charge >= 0.3 is 0 Å². The maximum Gasteiger partial charge on any atom is 0.234 e. The van der Waals surface area contributed by atoms with Crippen molar-refractivity contribution >= 4 is 16.3 Å². The van der Waals surface area contributed by atoms with Crippen molar-refractivity contribution in [3.8, 4) is 0 Å². The third-order valence-corrected chi connectivity index (χ3v) is 4.89. The van der Waals surface area contributed by atoms with Gasteiger partial charge in [-0.05, 0) is 26.2 Å². The summed E-state index contributed by atoms with van der Waals surface area (Å²) in [6.45, 7) is 5.21. The minimum absolute atomic E-state index is 0.531. The molecular formula is C13H21N5S. The average Bonchev–Trinajstić information content (AvgIpc) is 3.10. The Morgan fingerprint density at radius 3 is 2.89 bits per heavy atom. The molecule has 2 aromatic heterocycles. The topological polar surface area (TPSA) is 55.1 Å². The van der Waals surface area contributed by atoms with E-state index in [0.717, 1.165) is 28.8 Å². The normalized spacial score (nSPS) is 18.4. The van der Waals surface area contributed by atoms with Gasteiger partial charge in [0.1, 0.15) is 5.01 Å². The molecule has 0 saturated heterocycles. The molecule has 1 aliphatic rings. The number of nitrogens with one attached hydrogen (secondary N) is 1. The zero-order valence-electron chi connectivity index (χ0n) is 11.6. The Kier molecular flexibility index (Phi) is 3.79. The fraction of sp³-hybridized carbons (Fsp3) is 0.769. The third-order valence-electron chi connectivity index (χ3n) is 3.99. The predicted octanol–water partition coefficient (Wildman–Crippen LogP) is 2.73. The smallest absolute Gasteiger partial charge is 0.234 e. The molecule has 1 atom stereocenters. The standard InChI is InChI=1S/C13H21N5S/c1-3-9(2)14-8-11-17-18-12(10-6-4-5-7-10)15-16-13(18)19-11/h9-10,14H,3-8H2,1-2H3. The van der Waals surface area contributed by atoms with Crippen LogP contribution in [0.3, 0.4) is 0 Å². The lowest BCUT2D eigenvalue weighted by Gasteiger charge is -2.08. The number of nitrogens with zero attached hydrogens (tertiary/aromatic N) is 4. The molecule has 104 valence electrons. The molecule has 2 heterocycles. The Morgan fingerprint density at radius 1 is 1.37 bits per heavy atom. The first kappa shape index (κ1) is 13.0. The lowest BCUT2D eigenvalue weighted by atomic mass is 10.1. The van der Waals surface area contributed by atoms with E-state index in [1.165, 1.54) is 25.7 Å². The van der Waals surface area contributed by atoms with Crippen LogP contribution in [0.4, 0.5) is 0 Å². The van der Waals surface area contributed by atoms with Crippen molar-refractivity contribution in [1.29, 1.82) is 0 Å². The third kappa shape index (κ3) is 2.65. The van der Waals surface area contributed by atoms with E-state index in [9.17, 15) is 0 Å². The van der Waals surface area contributed by atoms with E-state index in [2.05, 4.69) is 34.5 Å². The average molecular weight is 279 g/mol. The largest absolute Gasteiger partial charge is 0.308 e. The van der Waals surface area contributed by atoms with Crippen LogP contribution in [0.5, 0.6) is 0 Å². The van der Waals surface area contributed by atoms with Crippen molar-refractivity contribution in [3.63, 3.8) is 0 Å². The predicted molar refractivity (Wildman–Crippen MR) is 76.5 cm³/mol. The highest BCUT2D eigenvalue weighted by molar-refractivity contribution is 7.16. The molecule has 0 aromatic carbocycles. The van der Waals surface area contributed by atoms with Gasteiger partial charge in [-0.3, -0.25) is 0 Å². The molecule has 0 radical (unpaired) electrons. The van der Waals surface area contributed by atoms with Crippen molar-refractivity contribution in [1.82, 2.24) is 25.1 Å². The fourth-order valence-corrected chi connectivity index (χ4v) is 3.38. The highest BCUT2D eigenvalue weighted by atomic mass is 32.1. The first-order valence-corrected chi connectivity index (χ1v) is 8.04. The van der Waals surface area contributed by atoms with Gasteiger partial charge in [0.15, 0.2) is 5.82 Å². The first-order chi connectivity index (χ1) is 9.28. The molecule has 0 amide bonds. The summed E-state index contributed by atoms with van der Waals surface area (Å²) in [7, 11) is 0. The molecule has 1 fully saturated rings. The molecule has 6 heteroatoms. The molecule has 1 aliphatic carbocycles. The Morgan fingerprint density at radius 2 is 2.16 bits per heavy atom. The molecule has 1 saturated carbocycles. The Hall–Kier alpha value is -1.01. The summed E-state index contributed by atoms with van der Waals surface area (Å²) < 4.78 is 1.97. The van der Waals surface area contributed by atoms with Crippen LogP contribution in [0.25, 0.3) is 4.96 Å². The molecule has 5 nitrogen and oxygen atoms in total. The van der Waals surface area contributed by atoms with Crippen molar-refractivity contribution in [3.05, 3.63) is 10.8 Å². The molecular weight excluding hydrogens is 258 g/mol. The second kappa shape index (κ2) is 5.54. The molecule has 0 aliphatic heterocycles. The summed E-state index contributed by atoms with van der Waals surface area (Å²) in [5.74, 6) is 1.63. The van der Waals surface area contributed by atoms with Crippen molar-refractivity contribution in [2.75, 3.05) is 0 Å². The summed E-state index contributed by atoms with van der Waals surface area (Å²) in [6.07, 6.45) is 6.23. The van der Waals surface area contributed by atoms with E-state index in [1.807, 2.05) is 4.52 Å². The monoisotopic (exact) mass is 279 g/mol. The van der Waals surface area contributed by atoms with Crippen molar-refractivity contribution in [2.24, 2.45) is 0 Å². The molecule has 19 heavy (non-hydrogen) atoms. The Balaban J connectivity index is 1.77. The molecule has 1 N–H and O–H groups in total. The van der Waals surface area contributed by atoms with Crippen LogP contribution in [0.2, 0.25) is 0 Å². The van der Waals surface area contributed by atoms with E-state index in [0.29, 0.717) is 12.0 Å². The Bertz CT molecular complexity index is 540. The maximum absolute atomic E-state index is 4.67. The number of hydrogen-bond acceptors (Lipinski definition) is 5. The summed E-state index contributed by atoms with van der Waals surface area (Å²) in [4.78, 5) is 0.933. The van der Waals surface area contributed by atoms with Crippen molar-refractivity contribution in [2.45, 2.75) is 64.5 Å². The maximum atomic E-state index is 4.67. The van der Waals surface area contributed by atoms with Gasteiger partial charge in [-0.15, -0.1) is 10.2 Å². The summed E-state index contributed by atoms with van der Waals surface area (Å²) >= 11 is 1.65. The van der Waals surface area contributed by atoms with E-state index >= 15 is 0 Å². The van der Waals surface area contributed by atoms with E-state index < -0.39 is 0 Å². The molecule has 1 unspecified atom stereocenters. The lowest BCUT2D eigenvalue weighted by Crippen LogP contribution is -2.24. The quantitative estimate of drug-likeness (QED) is 0.914. The summed E-state index contributed by atoms with van der Waals surface area (Å²) in [5.41, 5.74) is 0. The fourth-order valence-electron chi connectivity index (χ4n) is 2.59. The van der Waals surface area contributed by atoms with E-state index in [-0.39, 0.29) is 0 Å². The summed E-state index contributed by atoms with van der Waals surface area (Å²) in [6, 6.07) is 0.531. The molecule has 3 rings (SSSR count). The highest BCUT2D eigenvalue weighted by Crippen LogP contribution is 2.33. The van der Waals surface area contributed by atoms with Crippen LogP contribution in [-0.2, 0) is 6.54 Å². The van der Waals surface area contributed by atoms with Gasteiger partial charge in [-0.25, -0.2) is 0 Å². The van der Waals surface area contributed by atoms with Gasteiger partial charge in [0.05, 0.1) is 0 Å². The zero-order valence-corrected chi connectivity index (χ0v) is 12.4. The van der Waals surface area contributed by atoms with Crippen LogP contribution >= 0.6 is 11.3 Å². The van der Waals surface area contributed by atoms with Gasteiger partial charge in [-0.2, -0.15) is 9.61 Å². The highest BCUT2D eigenvalue weighted by Gasteiger charge is 2.24. The van der Waals surface area contributed by atoms with Gasteiger partial charge in [-0.1, -0.05) is 31.1 Å². The Labute approximate surface area is 117 Å². The molecule has 2 aromatic rings. The SMILES string of the molecule is CCC(C)NCc1nn2c(C3CCCC3)nnc2s1. The lowest BCUT2D eigenvalue weighted by molar-refractivity contribution is 0.529. The second-order valence-electron chi connectivity index (χ2n) is 5.42. The minimum atomic E-state index is 0.531. The molecule has 0 spiro atoms. The zero-order chi connectivity index (χ0) is 13.2. The number of aromatic nitrogens is 4. The first-order valence-electron chi connectivity index (χ1n) is 7.22. The van der Waals surface area contributed by atoms with Gasteiger partial charge < -0.3 is 5.32 Å². The van der Waals surface area contributed by atoms with Gasteiger partial charge in [0, 0.05) is 18.5 Å². The van der Waals surface area contributed by atoms with Gasteiger partial charge in [0.2, 0.25) is 4.96 Å². The van der Waals surface area contributed by atoms with E-state index in [1.54, 1.807) is 11.3 Å². The number of hydrogen-bond donors (Lipinski definition) is 1. The minimum Gasteiger partial charge on any atom is -0.308 e. The molecule has 0 bridgehead atoms. The van der Waals surface area contributed by atoms with Crippen LogP contribution in [0, 0.1) is 0 Å². The van der Waals surface area contributed by atoms with Gasteiger partial charge in [0.25, 0.3) is 0 Å². The van der Waals surface area contributed by atoms with Crippen LogP contribution < -0.4 is 5.32 Å². The summed E-state index contributed by atoms with van der Waals surface area (Å²) in [5, 5.41) is 17.8. The van der Waals surface area contributed by atoms with Crippen LogP contribution in [-0.4, -0.2) is 25.9 Å².